The average Bonchev–Trinajstić information content (AvgIpc) is 2.42. The highest BCUT2D eigenvalue weighted by atomic mass is 35.5. The summed E-state index contributed by atoms with van der Waals surface area (Å²) in [4.78, 5) is 2.38. The molecule has 2 nitrogen and oxygen atoms in total. The Kier molecular flexibility index (Phi) is 4.08. The van der Waals surface area contributed by atoms with Gasteiger partial charge < -0.3 is 5.73 Å². The highest BCUT2D eigenvalue weighted by Crippen LogP contribution is 2.31. The van der Waals surface area contributed by atoms with E-state index < -0.39 is 0 Å². The number of aryl methyl sites for hydroxylation is 1. The predicted molar refractivity (Wildman–Crippen MR) is 73.4 cm³/mol. The first-order chi connectivity index (χ1) is 8.09. The maximum absolute atomic E-state index is 6.33. The molecule has 17 heavy (non-hydrogen) atoms. The monoisotopic (exact) mass is 252 g/mol. The standard InChI is InChI=1S/C14H21ClN2/c1-10-9-11(15)6-7-12(10)14-13(16)5-3-4-8-17(14)2/h6-7,9,13-14H,3-5,8,16H2,1-2H3. The third-order valence-electron chi connectivity index (χ3n) is 3.73. The molecule has 0 spiro atoms. The minimum absolute atomic E-state index is 0.224. The van der Waals surface area contributed by atoms with E-state index in [0.717, 1.165) is 18.0 Å². The number of hydrogen-bond acceptors (Lipinski definition) is 2. The minimum Gasteiger partial charge on any atom is -0.326 e. The molecule has 0 amide bonds. The van der Waals surface area contributed by atoms with Gasteiger partial charge in [0.25, 0.3) is 0 Å². The van der Waals surface area contributed by atoms with Crippen LogP contribution in [0.3, 0.4) is 0 Å². The SMILES string of the molecule is Cc1cc(Cl)ccc1C1C(N)CCCCN1C. The van der Waals surface area contributed by atoms with Crippen molar-refractivity contribution in [3.8, 4) is 0 Å². The van der Waals surface area contributed by atoms with Crippen LogP contribution in [0.5, 0.6) is 0 Å². The van der Waals surface area contributed by atoms with E-state index in [0.29, 0.717) is 6.04 Å². The molecule has 94 valence electrons. The van der Waals surface area contributed by atoms with E-state index in [1.165, 1.54) is 24.0 Å². The van der Waals surface area contributed by atoms with Crippen LogP contribution >= 0.6 is 11.6 Å². The van der Waals surface area contributed by atoms with Crippen LogP contribution in [-0.4, -0.2) is 24.5 Å². The Labute approximate surface area is 109 Å². The Hall–Kier alpha value is -0.570. The number of nitrogens with two attached hydrogens (primary N) is 1. The van der Waals surface area contributed by atoms with E-state index in [1.807, 2.05) is 12.1 Å². The fraction of sp³-hybridized carbons (Fsp3) is 0.571. The van der Waals surface area contributed by atoms with Crippen LogP contribution in [0.15, 0.2) is 18.2 Å². The van der Waals surface area contributed by atoms with Crippen molar-refractivity contribution in [1.82, 2.24) is 4.90 Å². The zero-order chi connectivity index (χ0) is 12.4. The molecule has 0 saturated carbocycles. The largest absolute Gasteiger partial charge is 0.326 e. The van der Waals surface area contributed by atoms with Crippen molar-refractivity contribution in [1.29, 1.82) is 0 Å². The van der Waals surface area contributed by atoms with Gasteiger partial charge in [-0.1, -0.05) is 24.1 Å². The fourth-order valence-corrected chi connectivity index (χ4v) is 3.03. The number of likely N-dealkylation sites (N-methyl/N-ethyl adjacent to an activating group) is 1. The molecule has 1 saturated heterocycles. The molecule has 1 aliphatic heterocycles. The Morgan fingerprint density at radius 2 is 2.12 bits per heavy atom. The summed E-state index contributed by atoms with van der Waals surface area (Å²) >= 11 is 6.02. The lowest BCUT2D eigenvalue weighted by atomic mass is 9.93. The molecule has 2 rings (SSSR count). The van der Waals surface area contributed by atoms with E-state index >= 15 is 0 Å². The molecule has 1 heterocycles. The Morgan fingerprint density at radius 3 is 2.82 bits per heavy atom. The Bertz CT molecular complexity index is 380. The van der Waals surface area contributed by atoms with Crippen LogP contribution in [-0.2, 0) is 0 Å². The van der Waals surface area contributed by atoms with Gasteiger partial charge in [-0.05, 0) is 56.6 Å². The number of rotatable bonds is 1. The lowest BCUT2D eigenvalue weighted by Gasteiger charge is -2.31. The first-order valence-electron chi connectivity index (χ1n) is 6.31. The number of halogens is 1. The van der Waals surface area contributed by atoms with E-state index in [9.17, 15) is 0 Å². The highest BCUT2D eigenvalue weighted by molar-refractivity contribution is 6.30. The highest BCUT2D eigenvalue weighted by Gasteiger charge is 2.27. The number of benzene rings is 1. The van der Waals surface area contributed by atoms with Crippen molar-refractivity contribution in [3.05, 3.63) is 34.3 Å². The van der Waals surface area contributed by atoms with Gasteiger partial charge in [0.15, 0.2) is 0 Å². The van der Waals surface area contributed by atoms with Crippen molar-refractivity contribution >= 4 is 11.6 Å². The zero-order valence-corrected chi connectivity index (χ0v) is 11.4. The third-order valence-corrected chi connectivity index (χ3v) is 3.96. The van der Waals surface area contributed by atoms with Gasteiger partial charge >= 0.3 is 0 Å². The lowest BCUT2D eigenvalue weighted by molar-refractivity contribution is 0.229. The molecule has 2 atom stereocenters. The molecule has 1 aromatic carbocycles. The van der Waals surface area contributed by atoms with Crippen LogP contribution in [0.2, 0.25) is 5.02 Å². The molecular weight excluding hydrogens is 232 g/mol. The molecule has 0 aromatic heterocycles. The van der Waals surface area contributed by atoms with Crippen LogP contribution in [0, 0.1) is 6.92 Å². The fourth-order valence-electron chi connectivity index (χ4n) is 2.80. The van der Waals surface area contributed by atoms with Crippen molar-refractivity contribution in [3.63, 3.8) is 0 Å². The lowest BCUT2D eigenvalue weighted by Crippen LogP contribution is -2.38. The molecule has 2 unspecified atom stereocenters. The van der Waals surface area contributed by atoms with Gasteiger partial charge in [-0.2, -0.15) is 0 Å². The maximum Gasteiger partial charge on any atom is 0.0498 e. The second-order valence-electron chi connectivity index (χ2n) is 5.09. The van der Waals surface area contributed by atoms with Crippen molar-refractivity contribution in [2.24, 2.45) is 5.73 Å². The van der Waals surface area contributed by atoms with Gasteiger partial charge in [-0.15, -0.1) is 0 Å². The summed E-state index contributed by atoms with van der Waals surface area (Å²) in [7, 11) is 2.17. The van der Waals surface area contributed by atoms with Gasteiger partial charge in [0.05, 0.1) is 0 Å². The molecule has 1 fully saturated rings. The van der Waals surface area contributed by atoms with Crippen LogP contribution in [0.4, 0.5) is 0 Å². The summed E-state index contributed by atoms with van der Waals surface area (Å²) < 4.78 is 0. The summed E-state index contributed by atoms with van der Waals surface area (Å²) in [5, 5.41) is 0.802. The molecule has 2 N–H and O–H groups in total. The molecule has 0 aliphatic carbocycles. The molecule has 3 heteroatoms. The van der Waals surface area contributed by atoms with Crippen molar-refractivity contribution in [2.45, 2.75) is 38.3 Å². The van der Waals surface area contributed by atoms with Gasteiger partial charge in [0.2, 0.25) is 0 Å². The van der Waals surface area contributed by atoms with Crippen LogP contribution in [0.1, 0.15) is 36.4 Å². The maximum atomic E-state index is 6.33. The second-order valence-corrected chi connectivity index (χ2v) is 5.52. The Morgan fingerprint density at radius 1 is 1.35 bits per heavy atom. The topological polar surface area (TPSA) is 29.3 Å². The van der Waals surface area contributed by atoms with E-state index in [4.69, 9.17) is 17.3 Å². The zero-order valence-electron chi connectivity index (χ0n) is 10.6. The minimum atomic E-state index is 0.224. The molecular formula is C14H21ClN2. The van der Waals surface area contributed by atoms with Crippen LogP contribution < -0.4 is 5.73 Å². The summed E-state index contributed by atoms with van der Waals surface area (Å²) in [6.07, 6.45) is 3.58. The molecule has 0 radical (unpaired) electrons. The first-order valence-corrected chi connectivity index (χ1v) is 6.69. The summed E-state index contributed by atoms with van der Waals surface area (Å²) in [5.74, 6) is 0. The Balaban J connectivity index is 2.34. The van der Waals surface area contributed by atoms with Crippen LogP contribution in [0.25, 0.3) is 0 Å². The molecule has 1 aliphatic rings. The third kappa shape index (κ3) is 2.82. The van der Waals surface area contributed by atoms with Crippen molar-refractivity contribution < 1.29 is 0 Å². The van der Waals surface area contributed by atoms with E-state index in [1.54, 1.807) is 0 Å². The normalized spacial score (nSPS) is 26.8. The summed E-state index contributed by atoms with van der Waals surface area (Å²) in [6, 6.07) is 6.68. The summed E-state index contributed by atoms with van der Waals surface area (Å²) in [5.41, 5.74) is 8.90. The number of nitrogens with zero attached hydrogens (tertiary/aromatic N) is 1. The predicted octanol–water partition coefficient (Wildman–Crippen LogP) is 3.13. The number of hydrogen-bond donors (Lipinski definition) is 1. The van der Waals surface area contributed by atoms with Gasteiger partial charge in [0, 0.05) is 17.1 Å². The van der Waals surface area contributed by atoms with Gasteiger partial charge in [0.1, 0.15) is 0 Å². The van der Waals surface area contributed by atoms with E-state index in [2.05, 4.69) is 24.9 Å². The van der Waals surface area contributed by atoms with Crippen molar-refractivity contribution in [2.75, 3.05) is 13.6 Å². The smallest absolute Gasteiger partial charge is 0.0498 e. The summed E-state index contributed by atoms with van der Waals surface area (Å²) in [6.45, 7) is 3.24. The second kappa shape index (κ2) is 5.38. The quantitative estimate of drug-likeness (QED) is 0.832. The molecule has 0 bridgehead atoms. The van der Waals surface area contributed by atoms with E-state index in [-0.39, 0.29) is 6.04 Å². The number of likely N-dealkylation sites (tertiary alicyclic amines) is 1. The van der Waals surface area contributed by atoms with Gasteiger partial charge in [-0.25, -0.2) is 0 Å². The average molecular weight is 253 g/mol. The first kappa shape index (κ1) is 12.9. The van der Waals surface area contributed by atoms with Gasteiger partial charge in [-0.3, -0.25) is 4.90 Å². The molecule has 1 aromatic rings.